The van der Waals surface area contributed by atoms with Crippen molar-refractivity contribution in [3.63, 3.8) is 0 Å². The van der Waals surface area contributed by atoms with Crippen LogP contribution in [0, 0.1) is 5.82 Å². The zero-order valence-electron chi connectivity index (χ0n) is 11.4. The molecule has 2 aromatic rings. The van der Waals surface area contributed by atoms with E-state index in [0.717, 1.165) is 29.5 Å². The van der Waals surface area contributed by atoms with Gasteiger partial charge in [0.2, 0.25) is 0 Å². The monoisotopic (exact) mass is 312 g/mol. The molecule has 0 spiro atoms. The Labute approximate surface area is 128 Å². The molecule has 0 radical (unpaired) electrons. The molecule has 0 fully saturated rings. The van der Waals surface area contributed by atoms with Crippen LogP contribution in [-0.4, -0.2) is 25.0 Å². The smallest absolute Gasteiger partial charge is 0.127 e. The number of hydrogen-bond donors (Lipinski definition) is 1. The average Bonchev–Trinajstić information content (AvgIpc) is 2.83. The molecule has 2 nitrogen and oxygen atoms in total. The molecule has 20 heavy (non-hydrogen) atoms. The van der Waals surface area contributed by atoms with Gasteiger partial charge in [-0.3, -0.25) is 0 Å². The second-order valence-electron chi connectivity index (χ2n) is 4.71. The van der Waals surface area contributed by atoms with Crippen molar-refractivity contribution in [3.8, 4) is 0 Å². The van der Waals surface area contributed by atoms with Gasteiger partial charge in [-0.25, -0.2) is 4.39 Å². The van der Waals surface area contributed by atoms with Crippen molar-refractivity contribution in [1.82, 2.24) is 10.2 Å². The van der Waals surface area contributed by atoms with Crippen molar-refractivity contribution in [3.05, 3.63) is 57.0 Å². The van der Waals surface area contributed by atoms with Crippen LogP contribution in [-0.2, 0) is 13.1 Å². The molecule has 0 aliphatic heterocycles. The van der Waals surface area contributed by atoms with Gasteiger partial charge in [-0.05, 0) is 25.2 Å². The summed E-state index contributed by atoms with van der Waals surface area (Å²) >= 11 is 7.47. The molecule has 0 aliphatic carbocycles. The minimum absolute atomic E-state index is 0.138. The fourth-order valence-electron chi connectivity index (χ4n) is 1.92. The highest BCUT2D eigenvalue weighted by molar-refractivity contribution is 7.16. The Kier molecular flexibility index (Phi) is 5.98. The van der Waals surface area contributed by atoms with Gasteiger partial charge in [0, 0.05) is 36.6 Å². The zero-order valence-corrected chi connectivity index (χ0v) is 13.0. The summed E-state index contributed by atoms with van der Waals surface area (Å²) in [6, 6.07) is 10.9. The highest BCUT2D eigenvalue weighted by Crippen LogP contribution is 2.20. The third-order valence-electron chi connectivity index (χ3n) is 3.00. The zero-order chi connectivity index (χ0) is 14.4. The normalized spacial score (nSPS) is 11.2. The Hall–Kier alpha value is -0.940. The number of likely N-dealkylation sites (N-methyl/N-ethyl adjacent to an activating group) is 1. The predicted octanol–water partition coefficient (Wildman–Crippen LogP) is 3.76. The van der Waals surface area contributed by atoms with Crippen LogP contribution < -0.4 is 5.32 Å². The molecular formula is C15H18ClFN2S. The van der Waals surface area contributed by atoms with Crippen LogP contribution in [0.2, 0.25) is 4.34 Å². The molecule has 0 aliphatic rings. The highest BCUT2D eigenvalue weighted by Gasteiger charge is 2.04. The first-order chi connectivity index (χ1) is 9.65. The van der Waals surface area contributed by atoms with Crippen molar-refractivity contribution in [2.45, 2.75) is 13.1 Å². The number of halogens is 2. The third kappa shape index (κ3) is 4.87. The molecule has 2 rings (SSSR count). The molecule has 5 heteroatoms. The van der Waals surface area contributed by atoms with Crippen LogP contribution in [0.15, 0.2) is 36.4 Å². The largest absolute Gasteiger partial charge is 0.311 e. The second kappa shape index (κ2) is 7.74. The van der Waals surface area contributed by atoms with E-state index in [4.69, 9.17) is 11.6 Å². The molecule has 1 aromatic heterocycles. The summed E-state index contributed by atoms with van der Waals surface area (Å²) < 4.78 is 14.3. The van der Waals surface area contributed by atoms with Gasteiger partial charge in [-0.15, -0.1) is 11.3 Å². The number of hydrogen-bond acceptors (Lipinski definition) is 3. The van der Waals surface area contributed by atoms with E-state index in [1.165, 1.54) is 10.9 Å². The lowest BCUT2D eigenvalue weighted by atomic mass is 10.2. The Morgan fingerprint density at radius 3 is 2.75 bits per heavy atom. The molecule has 0 bridgehead atoms. The first kappa shape index (κ1) is 15.4. The predicted molar refractivity (Wildman–Crippen MR) is 83.8 cm³/mol. The van der Waals surface area contributed by atoms with Crippen LogP contribution in [0.3, 0.4) is 0 Å². The maximum atomic E-state index is 13.5. The summed E-state index contributed by atoms with van der Waals surface area (Å²) in [6.45, 7) is 3.18. The van der Waals surface area contributed by atoms with E-state index in [1.54, 1.807) is 17.4 Å². The van der Waals surface area contributed by atoms with E-state index < -0.39 is 0 Å². The summed E-state index contributed by atoms with van der Waals surface area (Å²) in [5.74, 6) is -0.138. The lowest BCUT2D eigenvalue weighted by molar-refractivity contribution is 0.319. The minimum atomic E-state index is -0.138. The fraction of sp³-hybridized carbons (Fsp3) is 0.333. The number of nitrogens with zero attached hydrogens (tertiary/aromatic N) is 1. The standard InChI is InChI=1S/C15H18ClFN2S/c1-19(11-12-4-2-3-5-14(12)17)9-8-18-10-13-6-7-15(16)20-13/h2-7,18H,8-11H2,1H3. The molecule has 1 N–H and O–H groups in total. The van der Waals surface area contributed by atoms with Gasteiger partial charge < -0.3 is 10.2 Å². The molecule has 0 unspecified atom stereocenters. The molecule has 0 saturated heterocycles. The first-order valence-electron chi connectivity index (χ1n) is 6.52. The maximum Gasteiger partial charge on any atom is 0.127 e. The van der Waals surface area contributed by atoms with E-state index in [-0.39, 0.29) is 5.82 Å². The van der Waals surface area contributed by atoms with Crippen LogP contribution in [0.1, 0.15) is 10.4 Å². The van der Waals surface area contributed by atoms with Crippen molar-refractivity contribution in [1.29, 1.82) is 0 Å². The summed E-state index contributed by atoms with van der Waals surface area (Å²) in [7, 11) is 2.00. The third-order valence-corrected chi connectivity index (χ3v) is 4.23. The second-order valence-corrected chi connectivity index (χ2v) is 6.51. The summed E-state index contributed by atoms with van der Waals surface area (Å²) in [6.07, 6.45) is 0. The highest BCUT2D eigenvalue weighted by atomic mass is 35.5. The Bertz CT molecular complexity index is 544. The van der Waals surface area contributed by atoms with Gasteiger partial charge in [0.1, 0.15) is 5.82 Å². The van der Waals surface area contributed by atoms with Gasteiger partial charge >= 0.3 is 0 Å². The Morgan fingerprint density at radius 2 is 2.05 bits per heavy atom. The number of thiophene rings is 1. The van der Waals surface area contributed by atoms with E-state index in [2.05, 4.69) is 10.2 Å². The lowest BCUT2D eigenvalue weighted by Crippen LogP contribution is -2.28. The van der Waals surface area contributed by atoms with Crippen molar-refractivity contribution in [2.24, 2.45) is 0 Å². The Balaban J connectivity index is 1.68. The van der Waals surface area contributed by atoms with Crippen LogP contribution >= 0.6 is 22.9 Å². The van der Waals surface area contributed by atoms with Crippen LogP contribution in [0.5, 0.6) is 0 Å². The van der Waals surface area contributed by atoms with Gasteiger partial charge in [0.25, 0.3) is 0 Å². The average molecular weight is 313 g/mol. The maximum absolute atomic E-state index is 13.5. The van der Waals surface area contributed by atoms with Gasteiger partial charge in [-0.2, -0.15) is 0 Å². The lowest BCUT2D eigenvalue weighted by Gasteiger charge is -2.17. The molecule has 1 heterocycles. The van der Waals surface area contributed by atoms with Crippen molar-refractivity contribution in [2.75, 3.05) is 20.1 Å². The molecule has 0 atom stereocenters. The fourth-order valence-corrected chi connectivity index (χ4v) is 2.98. The van der Waals surface area contributed by atoms with Crippen LogP contribution in [0.25, 0.3) is 0 Å². The first-order valence-corrected chi connectivity index (χ1v) is 7.71. The van der Waals surface area contributed by atoms with Crippen molar-refractivity contribution < 1.29 is 4.39 Å². The molecule has 1 aromatic carbocycles. The van der Waals surface area contributed by atoms with E-state index in [1.807, 2.05) is 31.3 Å². The molecule has 108 valence electrons. The molecule has 0 saturated carbocycles. The molecular weight excluding hydrogens is 295 g/mol. The van der Waals surface area contributed by atoms with Gasteiger partial charge in [0.15, 0.2) is 0 Å². The van der Waals surface area contributed by atoms with E-state index >= 15 is 0 Å². The summed E-state index contributed by atoms with van der Waals surface area (Å²) in [5, 5.41) is 3.36. The van der Waals surface area contributed by atoms with Gasteiger partial charge in [0.05, 0.1) is 4.34 Å². The number of nitrogens with one attached hydrogen (secondary N) is 1. The number of rotatable bonds is 7. The SMILES string of the molecule is CN(CCNCc1ccc(Cl)s1)Cc1ccccc1F. The summed E-state index contributed by atoms with van der Waals surface area (Å²) in [4.78, 5) is 3.33. The van der Waals surface area contributed by atoms with Crippen molar-refractivity contribution >= 4 is 22.9 Å². The Morgan fingerprint density at radius 1 is 1.25 bits per heavy atom. The van der Waals surface area contributed by atoms with Gasteiger partial charge in [-0.1, -0.05) is 29.8 Å². The quantitative estimate of drug-likeness (QED) is 0.783. The summed E-state index contributed by atoms with van der Waals surface area (Å²) in [5.41, 5.74) is 0.736. The molecule has 0 amide bonds. The van der Waals surface area contributed by atoms with Crippen LogP contribution in [0.4, 0.5) is 4.39 Å². The number of benzene rings is 1. The minimum Gasteiger partial charge on any atom is -0.311 e. The van der Waals surface area contributed by atoms with E-state index in [0.29, 0.717) is 6.54 Å². The topological polar surface area (TPSA) is 15.3 Å². The van der Waals surface area contributed by atoms with E-state index in [9.17, 15) is 4.39 Å².